The number of rotatable bonds is 1. The van der Waals surface area contributed by atoms with Crippen molar-refractivity contribution in [1.82, 2.24) is 10.4 Å². The fourth-order valence-corrected chi connectivity index (χ4v) is 2.43. The maximum Gasteiger partial charge on any atom is 0.422 e. The summed E-state index contributed by atoms with van der Waals surface area (Å²) in [5.74, 6) is -0.790. The average Bonchev–Trinajstić information content (AvgIpc) is 2.60. The molecule has 2 rings (SSSR count). The molecule has 0 aliphatic carbocycles. The number of hydrogen-bond donors (Lipinski definition) is 2. The Kier molecular flexibility index (Phi) is 4.05. The Hall–Kier alpha value is -1.15. The monoisotopic (exact) mass is 300 g/mol. The Bertz CT molecular complexity index is 443. The number of nitrogens with zero attached hydrogens (tertiary/aromatic N) is 1. The molecule has 2 saturated heterocycles. The zero-order valence-electron chi connectivity index (χ0n) is 13.2. The molecule has 2 aliphatic rings. The van der Waals surface area contributed by atoms with Gasteiger partial charge in [0.25, 0.3) is 0 Å². The number of aliphatic hydroxyl groups is 1. The zero-order valence-corrected chi connectivity index (χ0v) is 13.2. The first-order chi connectivity index (χ1) is 9.48. The maximum absolute atomic E-state index is 11.8. The van der Waals surface area contributed by atoms with Gasteiger partial charge in [0.15, 0.2) is 12.0 Å². The van der Waals surface area contributed by atoms with Crippen LogP contribution in [0.3, 0.4) is 0 Å². The molecule has 0 aromatic carbocycles. The summed E-state index contributed by atoms with van der Waals surface area (Å²) < 4.78 is 16.6. The van der Waals surface area contributed by atoms with Gasteiger partial charge in [-0.3, -0.25) is 5.43 Å². The average molecular weight is 300 g/mol. The lowest BCUT2D eigenvalue weighted by molar-refractivity contribution is -0.171. The minimum absolute atomic E-state index is 0.265. The van der Waals surface area contributed by atoms with E-state index in [9.17, 15) is 9.90 Å². The lowest BCUT2D eigenvalue weighted by Crippen LogP contribution is -2.60. The van der Waals surface area contributed by atoms with Crippen LogP contribution in [-0.2, 0) is 14.2 Å². The molecule has 3 atom stereocenters. The number of carbonyl (C=O) groups is 1. The van der Waals surface area contributed by atoms with Gasteiger partial charge in [0, 0.05) is 6.54 Å². The zero-order chi connectivity index (χ0) is 16.0. The van der Waals surface area contributed by atoms with Crippen molar-refractivity contribution in [3.8, 4) is 0 Å². The van der Waals surface area contributed by atoms with E-state index in [1.54, 1.807) is 34.6 Å². The molecule has 21 heavy (non-hydrogen) atoms. The Morgan fingerprint density at radius 3 is 2.67 bits per heavy atom. The predicted molar refractivity (Wildman–Crippen MR) is 75.0 cm³/mol. The number of hydrogen-bond acceptors (Lipinski definition) is 6. The predicted octanol–water partition coefficient (Wildman–Crippen LogP) is 1.14. The Morgan fingerprint density at radius 2 is 2.10 bits per heavy atom. The second-order valence-electron chi connectivity index (χ2n) is 6.83. The first-order valence-corrected chi connectivity index (χ1v) is 6.96. The van der Waals surface area contributed by atoms with Crippen molar-refractivity contribution >= 4 is 6.09 Å². The molecule has 0 aromatic rings. The van der Waals surface area contributed by atoms with Crippen LogP contribution in [0.25, 0.3) is 0 Å². The molecule has 2 fully saturated rings. The first kappa shape index (κ1) is 16.2. The van der Waals surface area contributed by atoms with Crippen LogP contribution in [0.4, 0.5) is 4.79 Å². The van der Waals surface area contributed by atoms with Crippen molar-refractivity contribution in [2.45, 2.75) is 64.4 Å². The number of amides is 1. The van der Waals surface area contributed by atoms with E-state index < -0.39 is 29.8 Å². The normalized spacial score (nSPS) is 32.7. The Morgan fingerprint density at radius 1 is 1.48 bits per heavy atom. The SMILES string of the molecule is C=C1CN(NC(=O)OC(C)(C)C)[C@H](O)[C@@H]2OC(C)(C)O[C@@H]12. The summed E-state index contributed by atoms with van der Waals surface area (Å²) in [4.78, 5) is 11.8. The number of ether oxygens (including phenoxy) is 3. The van der Waals surface area contributed by atoms with E-state index in [2.05, 4.69) is 12.0 Å². The minimum Gasteiger partial charge on any atom is -0.443 e. The maximum atomic E-state index is 11.8. The quantitative estimate of drug-likeness (QED) is 0.707. The van der Waals surface area contributed by atoms with Crippen LogP contribution in [0.2, 0.25) is 0 Å². The number of nitrogens with one attached hydrogen (secondary N) is 1. The van der Waals surface area contributed by atoms with Gasteiger partial charge in [0.05, 0.1) is 0 Å². The first-order valence-electron chi connectivity index (χ1n) is 6.96. The fraction of sp³-hybridized carbons (Fsp3) is 0.786. The van der Waals surface area contributed by atoms with Crippen LogP contribution < -0.4 is 5.43 Å². The second-order valence-corrected chi connectivity index (χ2v) is 6.83. The summed E-state index contributed by atoms with van der Waals surface area (Å²) in [6, 6.07) is 0. The van der Waals surface area contributed by atoms with E-state index >= 15 is 0 Å². The van der Waals surface area contributed by atoms with E-state index in [1.807, 2.05) is 0 Å². The molecule has 0 radical (unpaired) electrons. The lowest BCUT2D eigenvalue weighted by atomic mass is 10.00. The third-order valence-electron chi connectivity index (χ3n) is 3.15. The molecule has 0 unspecified atom stereocenters. The highest BCUT2D eigenvalue weighted by Gasteiger charge is 2.51. The van der Waals surface area contributed by atoms with E-state index in [0.717, 1.165) is 5.57 Å². The third kappa shape index (κ3) is 3.74. The molecular weight excluding hydrogens is 276 g/mol. The summed E-state index contributed by atoms with van der Waals surface area (Å²) in [5, 5.41) is 11.7. The highest BCUT2D eigenvalue weighted by atomic mass is 16.8. The number of fused-ring (bicyclic) bond motifs is 1. The van der Waals surface area contributed by atoms with Gasteiger partial charge in [0.2, 0.25) is 0 Å². The molecule has 1 amide bonds. The number of carbonyl (C=O) groups excluding carboxylic acids is 1. The van der Waals surface area contributed by atoms with E-state index in [-0.39, 0.29) is 12.6 Å². The molecule has 120 valence electrons. The van der Waals surface area contributed by atoms with Crippen molar-refractivity contribution < 1.29 is 24.1 Å². The second kappa shape index (κ2) is 5.24. The summed E-state index contributed by atoms with van der Waals surface area (Å²) in [6.45, 7) is 13.1. The summed E-state index contributed by atoms with van der Waals surface area (Å²) in [5.41, 5.74) is 2.64. The minimum atomic E-state index is -1.03. The Balaban J connectivity index is 2.03. The molecule has 0 spiro atoms. The van der Waals surface area contributed by atoms with Crippen molar-refractivity contribution in [3.63, 3.8) is 0 Å². The number of piperidine rings is 1. The topological polar surface area (TPSA) is 80.3 Å². The standard InChI is InChI=1S/C14H24N2O5/c1-8-7-16(15-12(18)21-13(2,3)4)11(17)10-9(8)19-14(5,6)20-10/h9-11,17H,1,7H2,2-6H3,(H,15,18)/t9-,10+,11+/m0/s1. The van der Waals surface area contributed by atoms with Crippen molar-refractivity contribution in [1.29, 1.82) is 0 Å². The molecule has 0 saturated carbocycles. The van der Waals surface area contributed by atoms with Crippen molar-refractivity contribution in [2.24, 2.45) is 0 Å². The van der Waals surface area contributed by atoms with Crippen LogP contribution in [0.15, 0.2) is 12.2 Å². The van der Waals surface area contributed by atoms with Gasteiger partial charge in [-0.25, -0.2) is 4.79 Å². The van der Waals surface area contributed by atoms with Gasteiger partial charge in [-0.1, -0.05) is 6.58 Å². The van der Waals surface area contributed by atoms with Gasteiger partial charge in [-0.2, -0.15) is 5.01 Å². The van der Waals surface area contributed by atoms with Gasteiger partial charge < -0.3 is 19.3 Å². The van der Waals surface area contributed by atoms with E-state index in [0.29, 0.717) is 0 Å². The molecule has 0 bridgehead atoms. The van der Waals surface area contributed by atoms with Gasteiger partial charge in [-0.15, -0.1) is 0 Å². The number of hydrazine groups is 1. The van der Waals surface area contributed by atoms with Crippen LogP contribution in [0.1, 0.15) is 34.6 Å². The summed E-state index contributed by atoms with van der Waals surface area (Å²) >= 11 is 0. The van der Waals surface area contributed by atoms with E-state index in [4.69, 9.17) is 14.2 Å². The molecule has 2 heterocycles. The molecule has 7 nitrogen and oxygen atoms in total. The molecule has 2 aliphatic heterocycles. The van der Waals surface area contributed by atoms with Crippen molar-refractivity contribution in [3.05, 3.63) is 12.2 Å². The van der Waals surface area contributed by atoms with E-state index in [1.165, 1.54) is 5.01 Å². The molecule has 2 N–H and O–H groups in total. The fourth-order valence-electron chi connectivity index (χ4n) is 2.43. The number of aliphatic hydroxyl groups excluding tert-OH is 1. The van der Waals surface area contributed by atoms with Gasteiger partial charge in [-0.05, 0) is 40.2 Å². The lowest BCUT2D eigenvalue weighted by Gasteiger charge is -2.38. The smallest absolute Gasteiger partial charge is 0.422 e. The Labute approximate surface area is 124 Å². The third-order valence-corrected chi connectivity index (χ3v) is 3.15. The van der Waals surface area contributed by atoms with Crippen LogP contribution in [0.5, 0.6) is 0 Å². The van der Waals surface area contributed by atoms with Crippen LogP contribution in [-0.4, -0.2) is 52.6 Å². The van der Waals surface area contributed by atoms with Gasteiger partial charge >= 0.3 is 6.09 Å². The highest BCUT2D eigenvalue weighted by molar-refractivity contribution is 5.67. The van der Waals surface area contributed by atoms with Crippen LogP contribution in [0, 0.1) is 0 Å². The van der Waals surface area contributed by atoms with Crippen molar-refractivity contribution in [2.75, 3.05) is 6.54 Å². The molecule has 7 heteroatoms. The van der Waals surface area contributed by atoms with Gasteiger partial charge in [0.1, 0.15) is 17.8 Å². The highest BCUT2D eigenvalue weighted by Crippen LogP contribution is 2.36. The summed E-state index contributed by atoms with van der Waals surface area (Å²) in [6.07, 6.45) is -2.65. The summed E-state index contributed by atoms with van der Waals surface area (Å²) in [7, 11) is 0. The van der Waals surface area contributed by atoms with Crippen LogP contribution >= 0.6 is 0 Å². The largest absolute Gasteiger partial charge is 0.443 e. The molecule has 0 aromatic heterocycles. The molecular formula is C14H24N2O5.